The zero-order valence-corrected chi connectivity index (χ0v) is 13.1. The minimum Gasteiger partial charge on any atom is -0.460 e. The fourth-order valence-electron chi connectivity index (χ4n) is 3.25. The quantitative estimate of drug-likeness (QED) is 0.457. The first-order valence-electron chi connectivity index (χ1n) is 7.92. The first-order chi connectivity index (χ1) is 11.3. The number of aryl methyl sites for hydroxylation is 1. The molecule has 4 aromatic rings. The maximum atomic E-state index is 6.27. The van der Waals surface area contributed by atoms with Gasteiger partial charge >= 0.3 is 0 Å². The molecule has 0 aliphatic rings. The molecule has 0 saturated heterocycles. The zero-order valence-electron chi connectivity index (χ0n) is 13.1. The third-order valence-corrected chi connectivity index (χ3v) is 4.41. The zero-order chi connectivity index (χ0) is 15.6. The number of rotatable bonds is 3. The number of furan rings is 1. The summed E-state index contributed by atoms with van der Waals surface area (Å²) >= 11 is 0. The van der Waals surface area contributed by atoms with Crippen molar-refractivity contribution in [3.8, 4) is 0 Å². The molecule has 1 heterocycles. The SMILES string of the molecule is Cc1c(C(c2ccccc2)c2ccccc2)oc2ccccc12. The molecule has 112 valence electrons. The van der Waals surface area contributed by atoms with Gasteiger partial charge in [0.1, 0.15) is 11.3 Å². The lowest BCUT2D eigenvalue weighted by Crippen LogP contribution is -2.03. The van der Waals surface area contributed by atoms with Crippen molar-refractivity contribution in [1.29, 1.82) is 0 Å². The van der Waals surface area contributed by atoms with Crippen molar-refractivity contribution in [3.63, 3.8) is 0 Å². The first kappa shape index (κ1) is 13.8. The highest BCUT2D eigenvalue weighted by Gasteiger charge is 2.23. The molecule has 0 unspecified atom stereocenters. The van der Waals surface area contributed by atoms with Gasteiger partial charge in [-0.3, -0.25) is 0 Å². The van der Waals surface area contributed by atoms with Gasteiger partial charge in [0, 0.05) is 5.39 Å². The topological polar surface area (TPSA) is 13.1 Å². The highest BCUT2D eigenvalue weighted by Crippen LogP contribution is 2.38. The Bertz CT molecular complexity index is 881. The van der Waals surface area contributed by atoms with Gasteiger partial charge in [0.15, 0.2) is 0 Å². The van der Waals surface area contributed by atoms with E-state index in [2.05, 4.69) is 79.7 Å². The first-order valence-corrected chi connectivity index (χ1v) is 7.92. The predicted molar refractivity (Wildman–Crippen MR) is 94.8 cm³/mol. The molecule has 1 nitrogen and oxygen atoms in total. The van der Waals surface area contributed by atoms with Crippen LogP contribution in [0.5, 0.6) is 0 Å². The number of hydrogen-bond donors (Lipinski definition) is 0. The Morgan fingerprint density at radius 3 is 1.74 bits per heavy atom. The van der Waals surface area contributed by atoms with Crippen molar-refractivity contribution in [2.45, 2.75) is 12.8 Å². The van der Waals surface area contributed by atoms with E-state index >= 15 is 0 Å². The lowest BCUT2D eigenvalue weighted by molar-refractivity contribution is 0.538. The van der Waals surface area contributed by atoms with Crippen molar-refractivity contribution < 1.29 is 4.42 Å². The highest BCUT2D eigenvalue weighted by atomic mass is 16.3. The number of benzene rings is 3. The van der Waals surface area contributed by atoms with E-state index in [1.54, 1.807) is 0 Å². The van der Waals surface area contributed by atoms with Gasteiger partial charge in [-0.15, -0.1) is 0 Å². The molecule has 1 heteroatoms. The molecule has 0 N–H and O–H groups in total. The summed E-state index contributed by atoms with van der Waals surface area (Å²) in [7, 11) is 0. The second kappa shape index (κ2) is 5.77. The molecule has 0 radical (unpaired) electrons. The molecule has 0 saturated carbocycles. The van der Waals surface area contributed by atoms with Crippen molar-refractivity contribution >= 4 is 11.0 Å². The van der Waals surface area contributed by atoms with E-state index in [1.807, 2.05) is 12.1 Å². The molecule has 1 aromatic heterocycles. The minimum atomic E-state index is 0.116. The van der Waals surface area contributed by atoms with E-state index in [0.717, 1.165) is 11.3 Å². The largest absolute Gasteiger partial charge is 0.460 e. The molecule has 0 aliphatic carbocycles. The minimum absolute atomic E-state index is 0.116. The van der Waals surface area contributed by atoms with Gasteiger partial charge in [0.2, 0.25) is 0 Å². The van der Waals surface area contributed by atoms with E-state index in [1.165, 1.54) is 22.1 Å². The molecule has 0 fully saturated rings. The molecule has 3 aromatic carbocycles. The fraction of sp³-hybridized carbons (Fsp3) is 0.0909. The van der Waals surface area contributed by atoms with Gasteiger partial charge in [0.25, 0.3) is 0 Å². The predicted octanol–water partition coefficient (Wildman–Crippen LogP) is 5.92. The van der Waals surface area contributed by atoms with Crippen molar-refractivity contribution in [3.05, 3.63) is 107 Å². The van der Waals surface area contributed by atoms with Crippen LogP contribution in [-0.2, 0) is 0 Å². The monoisotopic (exact) mass is 298 g/mol. The van der Waals surface area contributed by atoms with Gasteiger partial charge in [-0.1, -0.05) is 78.9 Å². The Labute approximate surface area is 136 Å². The van der Waals surface area contributed by atoms with Crippen LogP contribution < -0.4 is 0 Å². The number of hydrogen-bond acceptors (Lipinski definition) is 1. The van der Waals surface area contributed by atoms with E-state index in [-0.39, 0.29) is 5.92 Å². The van der Waals surface area contributed by atoms with Crippen LogP contribution in [-0.4, -0.2) is 0 Å². The van der Waals surface area contributed by atoms with Crippen molar-refractivity contribution in [1.82, 2.24) is 0 Å². The van der Waals surface area contributed by atoms with Crippen LogP contribution >= 0.6 is 0 Å². The summed E-state index contributed by atoms with van der Waals surface area (Å²) in [6, 6.07) is 29.4. The van der Waals surface area contributed by atoms with Gasteiger partial charge in [-0.05, 0) is 29.7 Å². The Hall–Kier alpha value is -2.80. The van der Waals surface area contributed by atoms with Gasteiger partial charge in [0.05, 0.1) is 5.92 Å². The van der Waals surface area contributed by atoms with E-state index in [4.69, 9.17) is 4.42 Å². The van der Waals surface area contributed by atoms with Crippen LogP contribution in [0.1, 0.15) is 28.4 Å². The van der Waals surface area contributed by atoms with Crippen LogP contribution in [0.4, 0.5) is 0 Å². The highest BCUT2D eigenvalue weighted by molar-refractivity contribution is 5.82. The molecule has 0 amide bonds. The Kier molecular flexibility index (Phi) is 3.47. The second-order valence-electron chi connectivity index (χ2n) is 5.84. The molecule has 0 atom stereocenters. The van der Waals surface area contributed by atoms with Crippen molar-refractivity contribution in [2.75, 3.05) is 0 Å². The average molecular weight is 298 g/mol. The molecule has 0 aliphatic heterocycles. The fourth-order valence-corrected chi connectivity index (χ4v) is 3.25. The standard InChI is InChI=1S/C22H18O/c1-16-19-14-8-9-15-20(19)23-22(16)21(17-10-4-2-5-11-17)18-12-6-3-7-13-18/h2-15,21H,1H3. The average Bonchev–Trinajstić information content (AvgIpc) is 2.94. The maximum absolute atomic E-state index is 6.27. The van der Waals surface area contributed by atoms with E-state index < -0.39 is 0 Å². The van der Waals surface area contributed by atoms with Crippen LogP contribution in [0.15, 0.2) is 89.3 Å². The molecule has 4 rings (SSSR count). The van der Waals surface area contributed by atoms with Crippen molar-refractivity contribution in [2.24, 2.45) is 0 Å². The number of fused-ring (bicyclic) bond motifs is 1. The lowest BCUT2D eigenvalue weighted by Gasteiger charge is -2.17. The van der Waals surface area contributed by atoms with Crippen LogP contribution in [0.25, 0.3) is 11.0 Å². The Morgan fingerprint density at radius 1 is 0.652 bits per heavy atom. The molecular formula is C22H18O. The molecule has 0 bridgehead atoms. The molecular weight excluding hydrogens is 280 g/mol. The van der Waals surface area contributed by atoms with Crippen LogP contribution in [0.2, 0.25) is 0 Å². The molecule has 23 heavy (non-hydrogen) atoms. The second-order valence-corrected chi connectivity index (χ2v) is 5.84. The van der Waals surface area contributed by atoms with E-state index in [9.17, 15) is 0 Å². The van der Waals surface area contributed by atoms with Crippen LogP contribution in [0.3, 0.4) is 0 Å². The molecule has 0 spiro atoms. The summed E-state index contributed by atoms with van der Waals surface area (Å²) in [5.74, 6) is 1.15. The Morgan fingerprint density at radius 2 is 1.17 bits per heavy atom. The van der Waals surface area contributed by atoms with Gasteiger partial charge in [-0.25, -0.2) is 0 Å². The third-order valence-electron chi connectivity index (χ3n) is 4.41. The smallest absolute Gasteiger partial charge is 0.134 e. The summed E-state index contributed by atoms with van der Waals surface area (Å²) in [4.78, 5) is 0. The number of para-hydroxylation sites is 1. The normalized spacial score (nSPS) is 11.2. The Balaban J connectivity index is 1.96. The summed E-state index contributed by atoms with van der Waals surface area (Å²) in [6.45, 7) is 2.15. The summed E-state index contributed by atoms with van der Waals surface area (Å²) in [5.41, 5.74) is 4.68. The van der Waals surface area contributed by atoms with Crippen LogP contribution in [0, 0.1) is 6.92 Å². The van der Waals surface area contributed by atoms with Gasteiger partial charge in [-0.2, -0.15) is 0 Å². The summed E-state index contributed by atoms with van der Waals surface area (Å²) in [6.07, 6.45) is 0. The lowest BCUT2D eigenvalue weighted by atomic mass is 9.87. The van der Waals surface area contributed by atoms with Gasteiger partial charge < -0.3 is 4.42 Å². The summed E-state index contributed by atoms with van der Waals surface area (Å²) in [5, 5.41) is 1.19. The third kappa shape index (κ3) is 2.44. The maximum Gasteiger partial charge on any atom is 0.134 e. The summed E-state index contributed by atoms with van der Waals surface area (Å²) < 4.78 is 6.27. The van der Waals surface area contributed by atoms with E-state index in [0.29, 0.717) is 0 Å².